The first-order valence-electron chi connectivity index (χ1n) is 6.51. The predicted molar refractivity (Wildman–Crippen MR) is 77.7 cm³/mol. The van der Waals surface area contributed by atoms with E-state index in [2.05, 4.69) is 10.1 Å². The molecule has 0 N–H and O–H groups in total. The van der Waals surface area contributed by atoms with Gasteiger partial charge in [0.2, 0.25) is 11.7 Å². The third-order valence-electron chi connectivity index (χ3n) is 2.68. The standard InChI is InChI=1S/C14H16ClN3O3/c1-3-20-13(19)9-18(2)8-12-16-14(17-21-12)10-4-6-11(15)7-5-10/h4-7H,3,8-9H2,1-2H3. The van der Waals surface area contributed by atoms with Gasteiger partial charge in [0.05, 0.1) is 19.7 Å². The monoisotopic (exact) mass is 309 g/mol. The largest absolute Gasteiger partial charge is 0.465 e. The number of carbonyl (C=O) groups is 1. The number of carbonyl (C=O) groups excluding carboxylic acids is 1. The van der Waals surface area contributed by atoms with E-state index in [0.717, 1.165) is 5.56 Å². The van der Waals surface area contributed by atoms with Crippen molar-refractivity contribution in [3.63, 3.8) is 0 Å². The van der Waals surface area contributed by atoms with Crippen LogP contribution in [0.4, 0.5) is 0 Å². The summed E-state index contributed by atoms with van der Waals surface area (Å²) in [6.07, 6.45) is 0. The highest BCUT2D eigenvalue weighted by Gasteiger charge is 2.13. The van der Waals surface area contributed by atoms with E-state index in [1.807, 2.05) is 12.1 Å². The maximum atomic E-state index is 11.4. The SMILES string of the molecule is CCOC(=O)CN(C)Cc1nc(-c2ccc(Cl)cc2)no1. The molecule has 6 nitrogen and oxygen atoms in total. The number of rotatable bonds is 6. The normalized spacial score (nSPS) is 10.9. The molecule has 7 heteroatoms. The highest BCUT2D eigenvalue weighted by Crippen LogP contribution is 2.18. The topological polar surface area (TPSA) is 68.5 Å². The molecule has 112 valence electrons. The number of nitrogens with zero attached hydrogens (tertiary/aromatic N) is 3. The number of halogens is 1. The lowest BCUT2D eigenvalue weighted by Gasteiger charge is -2.12. The van der Waals surface area contributed by atoms with E-state index in [0.29, 0.717) is 29.9 Å². The van der Waals surface area contributed by atoms with Gasteiger partial charge in [0.25, 0.3) is 0 Å². The minimum Gasteiger partial charge on any atom is -0.465 e. The summed E-state index contributed by atoms with van der Waals surface area (Å²) in [5, 5.41) is 4.56. The molecular weight excluding hydrogens is 294 g/mol. The van der Waals surface area contributed by atoms with Crippen molar-refractivity contribution in [3.05, 3.63) is 35.2 Å². The number of hydrogen-bond donors (Lipinski definition) is 0. The molecule has 0 unspecified atom stereocenters. The van der Waals surface area contributed by atoms with E-state index < -0.39 is 0 Å². The second-order valence-electron chi connectivity index (χ2n) is 4.50. The average molecular weight is 310 g/mol. The Morgan fingerprint density at radius 3 is 2.76 bits per heavy atom. The van der Waals surface area contributed by atoms with Crippen molar-refractivity contribution in [2.24, 2.45) is 0 Å². The fourth-order valence-corrected chi connectivity index (χ4v) is 1.88. The van der Waals surface area contributed by atoms with Crippen LogP contribution in [0.15, 0.2) is 28.8 Å². The van der Waals surface area contributed by atoms with Crippen molar-refractivity contribution >= 4 is 17.6 Å². The minimum absolute atomic E-state index is 0.173. The summed E-state index contributed by atoms with van der Waals surface area (Å²) in [6.45, 7) is 2.69. The van der Waals surface area contributed by atoms with Gasteiger partial charge in [-0.25, -0.2) is 0 Å². The number of benzene rings is 1. The first kappa shape index (κ1) is 15.5. The first-order valence-corrected chi connectivity index (χ1v) is 6.89. The Hall–Kier alpha value is -1.92. The maximum Gasteiger partial charge on any atom is 0.320 e. The summed E-state index contributed by atoms with van der Waals surface area (Å²) < 4.78 is 10.0. The molecule has 2 aromatic rings. The van der Waals surface area contributed by atoms with Crippen LogP contribution in [-0.2, 0) is 16.1 Å². The molecule has 1 aromatic heterocycles. The molecule has 0 saturated heterocycles. The number of esters is 1. The molecule has 0 aliphatic heterocycles. The minimum atomic E-state index is -0.280. The third-order valence-corrected chi connectivity index (χ3v) is 2.93. The summed E-state index contributed by atoms with van der Waals surface area (Å²) in [4.78, 5) is 17.4. The molecule has 1 aromatic carbocycles. The zero-order valence-corrected chi connectivity index (χ0v) is 12.6. The highest BCUT2D eigenvalue weighted by atomic mass is 35.5. The van der Waals surface area contributed by atoms with Gasteiger partial charge >= 0.3 is 5.97 Å². The van der Waals surface area contributed by atoms with E-state index in [1.165, 1.54) is 0 Å². The van der Waals surface area contributed by atoms with Gasteiger partial charge in [-0.05, 0) is 38.2 Å². The quantitative estimate of drug-likeness (QED) is 0.763. The number of ether oxygens (including phenoxy) is 1. The Bertz CT molecular complexity index is 598. The van der Waals surface area contributed by atoms with Gasteiger partial charge in [0.1, 0.15) is 0 Å². The molecule has 2 rings (SSSR count). The van der Waals surface area contributed by atoms with Gasteiger partial charge in [-0.2, -0.15) is 4.98 Å². The Morgan fingerprint density at radius 1 is 1.38 bits per heavy atom. The summed E-state index contributed by atoms with van der Waals surface area (Å²) in [6, 6.07) is 7.16. The highest BCUT2D eigenvalue weighted by molar-refractivity contribution is 6.30. The lowest BCUT2D eigenvalue weighted by molar-refractivity contribution is -0.144. The van der Waals surface area contributed by atoms with Crippen molar-refractivity contribution in [1.29, 1.82) is 0 Å². The van der Waals surface area contributed by atoms with Crippen LogP contribution in [0.2, 0.25) is 5.02 Å². The third kappa shape index (κ3) is 4.54. The second-order valence-corrected chi connectivity index (χ2v) is 4.93. The Balaban J connectivity index is 1.96. The molecule has 0 bridgehead atoms. The van der Waals surface area contributed by atoms with E-state index in [4.69, 9.17) is 20.9 Å². The van der Waals surface area contributed by atoms with Crippen LogP contribution in [0, 0.1) is 0 Å². The second kappa shape index (κ2) is 7.19. The Kier molecular flexibility index (Phi) is 5.30. The van der Waals surface area contributed by atoms with E-state index in [9.17, 15) is 4.79 Å². The fourth-order valence-electron chi connectivity index (χ4n) is 1.75. The number of likely N-dealkylation sites (N-methyl/N-ethyl adjacent to an activating group) is 1. The molecule has 1 heterocycles. The van der Waals surface area contributed by atoms with Crippen molar-refractivity contribution in [2.45, 2.75) is 13.5 Å². The van der Waals surface area contributed by atoms with Gasteiger partial charge in [0, 0.05) is 10.6 Å². The smallest absolute Gasteiger partial charge is 0.320 e. The Labute approximate surface area is 127 Å². The van der Waals surface area contributed by atoms with Crippen LogP contribution in [-0.4, -0.2) is 41.2 Å². The van der Waals surface area contributed by atoms with Gasteiger partial charge in [0.15, 0.2) is 0 Å². The van der Waals surface area contributed by atoms with Gasteiger partial charge < -0.3 is 9.26 Å². The number of hydrogen-bond acceptors (Lipinski definition) is 6. The van der Waals surface area contributed by atoms with Crippen LogP contribution >= 0.6 is 11.6 Å². The van der Waals surface area contributed by atoms with Crippen molar-refractivity contribution in [2.75, 3.05) is 20.2 Å². The lowest BCUT2D eigenvalue weighted by atomic mass is 10.2. The fraction of sp³-hybridized carbons (Fsp3) is 0.357. The van der Waals surface area contributed by atoms with Gasteiger partial charge in [-0.3, -0.25) is 9.69 Å². The molecular formula is C14H16ClN3O3. The average Bonchev–Trinajstić information content (AvgIpc) is 2.88. The van der Waals surface area contributed by atoms with Crippen LogP contribution < -0.4 is 0 Å². The first-order chi connectivity index (χ1) is 10.1. The molecule has 0 aliphatic rings. The van der Waals surface area contributed by atoms with Crippen molar-refractivity contribution in [1.82, 2.24) is 15.0 Å². The van der Waals surface area contributed by atoms with Crippen molar-refractivity contribution in [3.8, 4) is 11.4 Å². The maximum absolute atomic E-state index is 11.4. The molecule has 0 radical (unpaired) electrons. The number of aromatic nitrogens is 2. The van der Waals surface area contributed by atoms with Crippen molar-refractivity contribution < 1.29 is 14.1 Å². The molecule has 0 aliphatic carbocycles. The molecule has 0 saturated carbocycles. The Morgan fingerprint density at radius 2 is 2.10 bits per heavy atom. The summed E-state index contributed by atoms with van der Waals surface area (Å²) >= 11 is 5.83. The van der Waals surface area contributed by atoms with E-state index >= 15 is 0 Å². The zero-order chi connectivity index (χ0) is 15.2. The summed E-state index contributed by atoms with van der Waals surface area (Å²) in [5.41, 5.74) is 0.822. The van der Waals surface area contributed by atoms with E-state index in [-0.39, 0.29) is 12.5 Å². The van der Waals surface area contributed by atoms with Crippen LogP contribution in [0.5, 0.6) is 0 Å². The van der Waals surface area contributed by atoms with E-state index in [1.54, 1.807) is 31.0 Å². The van der Waals surface area contributed by atoms with Crippen LogP contribution in [0.25, 0.3) is 11.4 Å². The van der Waals surface area contributed by atoms with Crippen LogP contribution in [0.1, 0.15) is 12.8 Å². The van der Waals surface area contributed by atoms with Gasteiger partial charge in [-0.15, -0.1) is 0 Å². The molecule has 0 fully saturated rings. The zero-order valence-electron chi connectivity index (χ0n) is 11.9. The summed E-state index contributed by atoms with van der Waals surface area (Å²) in [7, 11) is 1.78. The molecule has 0 amide bonds. The summed E-state index contributed by atoms with van der Waals surface area (Å²) in [5.74, 6) is 0.649. The molecule has 0 atom stereocenters. The van der Waals surface area contributed by atoms with Gasteiger partial charge in [-0.1, -0.05) is 16.8 Å². The molecule has 21 heavy (non-hydrogen) atoms. The predicted octanol–water partition coefficient (Wildman–Crippen LogP) is 2.38. The van der Waals surface area contributed by atoms with Crippen LogP contribution in [0.3, 0.4) is 0 Å². The molecule has 0 spiro atoms. The lowest BCUT2D eigenvalue weighted by Crippen LogP contribution is -2.27.